The molecule has 2 aromatic rings. The second-order valence-corrected chi connectivity index (χ2v) is 10.5. The van der Waals surface area contributed by atoms with Crippen LogP contribution in [0.4, 0.5) is 0 Å². The fourth-order valence-electron chi connectivity index (χ4n) is 7.11. The highest BCUT2D eigenvalue weighted by atomic mass is 16.2. The summed E-state index contributed by atoms with van der Waals surface area (Å²) in [5.74, 6) is 1.02. The van der Waals surface area contributed by atoms with Gasteiger partial charge in [-0.3, -0.25) is 14.5 Å². The second kappa shape index (κ2) is 8.08. The van der Waals surface area contributed by atoms with Gasteiger partial charge in [0.15, 0.2) is 0 Å². The molecule has 33 heavy (non-hydrogen) atoms. The molecule has 0 saturated carbocycles. The van der Waals surface area contributed by atoms with Crippen molar-refractivity contribution in [3.63, 3.8) is 0 Å². The second-order valence-electron chi connectivity index (χ2n) is 10.5. The monoisotopic (exact) mass is 446 g/mol. The van der Waals surface area contributed by atoms with Gasteiger partial charge in [0.2, 0.25) is 5.43 Å². The van der Waals surface area contributed by atoms with Crippen LogP contribution in [-0.4, -0.2) is 57.0 Å². The minimum atomic E-state index is -0.184. The lowest BCUT2D eigenvalue weighted by Crippen LogP contribution is -2.60. The van der Waals surface area contributed by atoms with Gasteiger partial charge in [-0.2, -0.15) is 0 Å². The van der Waals surface area contributed by atoms with Crippen LogP contribution in [-0.2, 0) is 6.54 Å². The number of carbonyl (C=O) groups is 1. The average Bonchev–Trinajstić information content (AvgIpc) is 2.83. The number of piperidine rings is 3. The highest BCUT2D eigenvalue weighted by molar-refractivity contribution is 5.97. The van der Waals surface area contributed by atoms with Crippen molar-refractivity contribution < 1.29 is 4.79 Å². The van der Waals surface area contributed by atoms with Gasteiger partial charge >= 0.3 is 0 Å². The molecular weight excluding hydrogens is 412 g/mol. The maximum Gasteiger partial charge on any atom is 0.259 e. The number of nitrogens with zero attached hydrogens (tertiary/aromatic N) is 4. The molecule has 0 spiro atoms. The van der Waals surface area contributed by atoms with Crippen LogP contribution in [0.5, 0.6) is 0 Å². The maximum absolute atomic E-state index is 13.9. The van der Waals surface area contributed by atoms with Gasteiger partial charge < -0.3 is 9.47 Å². The number of likely N-dealkylation sites (tertiary alicyclic amines) is 1. The average molecular weight is 447 g/mol. The molecule has 1 aliphatic carbocycles. The van der Waals surface area contributed by atoms with E-state index in [2.05, 4.69) is 16.0 Å². The van der Waals surface area contributed by atoms with E-state index in [1.54, 1.807) is 6.20 Å². The van der Waals surface area contributed by atoms with Gasteiger partial charge in [-0.25, -0.2) is 4.98 Å². The van der Waals surface area contributed by atoms with E-state index in [9.17, 15) is 9.59 Å². The van der Waals surface area contributed by atoms with Crippen LogP contribution in [0.1, 0.15) is 61.5 Å². The van der Waals surface area contributed by atoms with E-state index in [-0.39, 0.29) is 17.4 Å². The Balaban J connectivity index is 1.39. The Morgan fingerprint density at radius 3 is 2.91 bits per heavy atom. The van der Waals surface area contributed by atoms with Crippen molar-refractivity contribution in [2.24, 2.45) is 11.8 Å². The third-order valence-corrected chi connectivity index (χ3v) is 8.55. The van der Waals surface area contributed by atoms with Gasteiger partial charge in [-0.15, -0.1) is 0 Å². The highest BCUT2D eigenvalue weighted by Crippen LogP contribution is 2.45. The van der Waals surface area contributed by atoms with E-state index in [0.29, 0.717) is 41.0 Å². The van der Waals surface area contributed by atoms with Gasteiger partial charge in [0.25, 0.3) is 5.91 Å². The van der Waals surface area contributed by atoms with Gasteiger partial charge in [0.05, 0.1) is 11.4 Å². The van der Waals surface area contributed by atoms with Crippen molar-refractivity contribution in [2.75, 3.05) is 19.6 Å². The van der Waals surface area contributed by atoms with Crippen LogP contribution in [0.2, 0.25) is 0 Å². The summed E-state index contributed by atoms with van der Waals surface area (Å²) < 4.78 is 1.95. The van der Waals surface area contributed by atoms with Crippen molar-refractivity contribution in [1.29, 1.82) is 0 Å². The lowest BCUT2D eigenvalue weighted by atomic mass is 9.68. The van der Waals surface area contributed by atoms with Crippen molar-refractivity contribution in [3.05, 3.63) is 51.5 Å². The number of hydrogen-bond acceptors (Lipinski definition) is 4. The summed E-state index contributed by atoms with van der Waals surface area (Å²) in [7, 11) is 0. The molecule has 1 amide bonds. The Morgan fingerprint density at radius 1 is 1.18 bits per heavy atom. The fraction of sp³-hybridized carbons (Fsp3) is 0.593. The summed E-state index contributed by atoms with van der Waals surface area (Å²) in [5, 5.41) is 0.540. The molecule has 0 N–H and O–H groups in total. The molecule has 6 nitrogen and oxygen atoms in total. The molecule has 6 rings (SSSR count). The molecule has 2 aromatic heterocycles. The summed E-state index contributed by atoms with van der Waals surface area (Å²) >= 11 is 0. The summed E-state index contributed by atoms with van der Waals surface area (Å²) in [4.78, 5) is 36.7. The first-order valence-corrected chi connectivity index (χ1v) is 12.8. The summed E-state index contributed by atoms with van der Waals surface area (Å²) in [6.45, 7) is 7.65. The Hall–Kier alpha value is -2.47. The van der Waals surface area contributed by atoms with Gasteiger partial charge in [-0.1, -0.05) is 18.1 Å². The molecular formula is C27H34N4O2. The number of rotatable bonds is 2. The minimum absolute atomic E-state index is 0.0977. The Bertz CT molecular complexity index is 1200. The van der Waals surface area contributed by atoms with E-state index in [4.69, 9.17) is 0 Å². The van der Waals surface area contributed by atoms with Crippen LogP contribution in [0.3, 0.4) is 0 Å². The molecule has 2 bridgehead atoms. The number of hydrogen-bond donors (Lipinski definition) is 0. The summed E-state index contributed by atoms with van der Waals surface area (Å²) in [6.07, 6.45) is 11.5. The molecule has 0 radical (unpaired) electrons. The molecule has 3 saturated heterocycles. The van der Waals surface area contributed by atoms with E-state index < -0.39 is 0 Å². The van der Waals surface area contributed by atoms with Crippen molar-refractivity contribution >= 4 is 16.9 Å². The lowest BCUT2D eigenvalue weighted by molar-refractivity contribution is 0.00142. The Morgan fingerprint density at radius 2 is 2.06 bits per heavy atom. The summed E-state index contributed by atoms with van der Waals surface area (Å²) in [6, 6.07) is 4.53. The SMILES string of the molecule is CCn1cc(C(=O)N2CCCC3=C[C@H]4C[C@@H](CN5CCCC[C@H]45)[C@@H]32)c(=O)c2ccc(C)nc21. The van der Waals surface area contributed by atoms with Gasteiger partial charge in [0.1, 0.15) is 11.2 Å². The van der Waals surface area contributed by atoms with E-state index in [0.717, 1.165) is 31.6 Å². The van der Waals surface area contributed by atoms with Crippen LogP contribution in [0.25, 0.3) is 11.0 Å². The molecule has 5 heterocycles. The fourth-order valence-corrected chi connectivity index (χ4v) is 7.11. The smallest absolute Gasteiger partial charge is 0.259 e. The normalized spacial score (nSPS) is 29.4. The number of pyridine rings is 2. The summed E-state index contributed by atoms with van der Waals surface area (Å²) in [5.41, 5.74) is 3.11. The van der Waals surface area contributed by atoms with Crippen molar-refractivity contribution in [2.45, 2.75) is 71.0 Å². The molecule has 0 aromatic carbocycles. The van der Waals surface area contributed by atoms with Gasteiger partial charge in [-0.05, 0) is 76.5 Å². The number of aryl methyl sites for hydroxylation is 2. The third-order valence-electron chi connectivity index (χ3n) is 8.55. The zero-order valence-electron chi connectivity index (χ0n) is 19.8. The van der Waals surface area contributed by atoms with E-state index in [1.165, 1.54) is 37.8 Å². The van der Waals surface area contributed by atoms with Crippen LogP contribution >= 0.6 is 0 Å². The molecule has 6 heteroatoms. The van der Waals surface area contributed by atoms with Crippen LogP contribution in [0, 0.1) is 18.8 Å². The topological polar surface area (TPSA) is 58.4 Å². The highest BCUT2D eigenvalue weighted by Gasteiger charge is 2.47. The quantitative estimate of drug-likeness (QED) is 0.659. The van der Waals surface area contributed by atoms with Crippen molar-refractivity contribution in [1.82, 2.24) is 19.4 Å². The molecule has 174 valence electrons. The zero-order chi connectivity index (χ0) is 22.7. The van der Waals surface area contributed by atoms with Crippen molar-refractivity contribution in [3.8, 4) is 0 Å². The molecule has 3 fully saturated rings. The standard InChI is InChI=1S/C27H34N4O2/c1-3-29-16-22(25(32)21-10-9-17(2)28-26(21)29)27(33)31-12-6-7-18-13-19-14-20(24(18)31)15-30-11-5-4-8-23(19)30/h9-10,13,16,19-20,23-24H,3-8,11-12,14-15H2,1-2H3/t19-,20-,23+,24+/m0/s1. The maximum atomic E-state index is 13.9. The first kappa shape index (κ1) is 21.1. The third kappa shape index (κ3) is 3.37. The molecule has 0 unspecified atom stereocenters. The van der Waals surface area contributed by atoms with Gasteiger partial charge in [0, 0.05) is 37.6 Å². The first-order chi connectivity index (χ1) is 16.0. The number of carbonyl (C=O) groups excluding carboxylic acids is 1. The van der Waals surface area contributed by atoms with E-state index in [1.807, 2.05) is 35.4 Å². The Kier molecular flexibility index (Phi) is 5.17. The predicted molar refractivity (Wildman–Crippen MR) is 129 cm³/mol. The van der Waals surface area contributed by atoms with E-state index >= 15 is 0 Å². The number of fused-ring (bicyclic) bond motifs is 7. The molecule has 4 aliphatic rings. The number of amides is 1. The van der Waals surface area contributed by atoms with Crippen LogP contribution in [0.15, 0.2) is 34.8 Å². The first-order valence-electron chi connectivity index (χ1n) is 12.8. The lowest BCUT2D eigenvalue weighted by Gasteiger charge is -2.54. The zero-order valence-corrected chi connectivity index (χ0v) is 19.8. The largest absolute Gasteiger partial charge is 0.332 e. The number of aromatic nitrogens is 2. The minimum Gasteiger partial charge on any atom is -0.332 e. The molecule has 3 aliphatic heterocycles. The molecule has 4 atom stereocenters. The Labute approximate surface area is 195 Å². The predicted octanol–water partition coefficient (Wildman–Crippen LogP) is 3.76. The van der Waals surface area contributed by atoms with Crippen LogP contribution < -0.4 is 5.43 Å².